The molecule has 1 fully saturated rings. The predicted octanol–water partition coefficient (Wildman–Crippen LogP) is 4.50. The van der Waals surface area contributed by atoms with Crippen LogP contribution in [0, 0.1) is 0 Å². The molecule has 3 rings (SSSR count). The molecule has 0 bridgehead atoms. The van der Waals surface area contributed by atoms with Gasteiger partial charge in [0.05, 0.1) is 18.7 Å². The van der Waals surface area contributed by atoms with Crippen molar-refractivity contribution in [2.24, 2.45) is 0 Å². The van der Waals surface area contributed by atoms with Gasteiger partial charge in [0, 0.05) is 6.54 Å². The highest BCUT2D eigenvalue weighted by Gasteiger charge is 2.30. The van der Waals surface area contributed by atoms with Gasteiger partial charge in [0.25, 0.3) is 0 Å². The number of methoxy groups -OCH3 is 1. The van der Waals surface area contributed by atoms with E-state index in [0.29, 0.717) is 18.5 Å². The number of carbonyl (C=O) groups is 2. The third-order valence-electron chi connectivity index (χ3n) is 4.72. The molecule has 0 spiro atoms. The van der Waals surface area contributed by atoms with Gasteiger partial charge in [0.15, 0.2) is 0 Å². The summed E-state index contributed by atoms with van der Waals surface area (Å²) in [6.45, 7) is 4.89. The molecular formula is C22H23NO4. The Kier molecular flexibility index (Phi) is 5.91. The second-order valence-electron chi connectivity index (χ2n) is 6.57. The van der Waals surface area contributed by atoms with Crippen molar-refractivity contribution in [3.05, 3.63) is 83.4 Å². The molecule has 2 aromatic rings. The van der Waals surface area contributed by atoms with Crippen molar-refractivity contribution in [3.8, 4) is 0 Å². The molecule has 5 heteroatoms. The number of nitrogens with zero attached hydrogens (tertiary/aromatic N) is 1. The Bertz CT molecular complexity index is 814. The van der Waals surface area contributed by atoms with Gasteiger partial charge in [-0.2, -0.15) is 0 Å². The number of benzene rings is 2. The van der Waals surface area contributed by atoms with Gasteiger partial charge >= 0.3 is 12.1 Å². The Hall–Kier alpha value is -3.08. The molecule has 140 valence electrons. The second-order valence-corrected chi connectivity index (χ2v) is 6.57. The standard InChI is InChI=1S/C22H23NO4/c1-16-12-13-23(22(25)27-15-17-6-4-3-5-7-17)20(14-16)18-8-10-19(11-9-18)21(24)26-2/h3-11,20H,1,12-15H2,2H3/t20-/m0/s1. The fraction of sp³-hybridized carbons (Fsp3) is 0.273. The summed E-state index contributed by atoms with van der Waals surface area (Å²) < 4.78 is 10.3. The summed E-state index contributed by atoms with van der Waals surface area (Å²) in [4.78, 5) is 26.0. The highest BCUT2D eigenvalue weighted by Crippen LogP contribution is 2.34. The molecule has 0 saturated carbocycles. The molecule has 2 aromatic carbocycles. The summed E-state index contributed by atoms with van der Waals surface area (Å²) in [5, 5.41) is 0. The van der Waals surface area contributed by atoms with Crippen molar-refractivity contribution in [2.75, 3.05) is 13.7 Å². The van der Waals surface area contributed by atoms with Gasteiger partial charge in [-0.15, -0.1) is 0 Å². The zero-order valence-electron chi connectivity index (χ0n) is 15.4. The first-order chi connectivity index (χ1) is 13.1. The Labute approximate surface area is 159 Å². The van der Waals surface area contributed by atoms with Gasteiger partial charge in [-0.3, -0.25) is 0 Å². The van der Waals surface area contributed by atoms with Crippen LogP contribution in [0.25, 0.3) is 0 Å². The average Bonchev–Trinajstić information content (AvgIpc) is 2.72. The van der Waals surface area contributed by atoms with Crippen LogP contribution >= 0.6 is 0 Å². The SMILES string of the molecule is C=C1CCN(C(=O)OCc2ccccc2)[C@H](c2ccc(C(=O)OC)cc2)C1. The van der Waals surface area contributed by atoms with Crippen molar-refractivity contribution in [1.82, 2.24) is 4.90 Å². The number of hydrogen-bond donors (Lipinski definition) is 0. The van der Waals surface area contributed by atoms with Crippen LogP contribution in [-0.2, 0) is 16.1 Å². The number of hydrogen-bond acceptors (Lipinski definition) is 4. The topological polar surface area (TPSA) is 55.8 Å². The molecule has 1 aliphatic rings. The lowest BCUT2D eigenvalue weighted by molar-refractivity contribution is 0.0599. The van der Waals surface area contributed by atoms with Gasteiger partial charge in [-0.1, -0.05) is 54.6 Å². The van der Waals surface area contributed by atoms with Gasteiger partial charge < -0.3 is 14.4 Å². The molecule has 0 aromatic heterocycles. The maximum absolute atomic E-state index is 12.7. The van der Waals surface area contributed by atoms with E-state index in [0.717, 1.165) is 23.1 Å². The Morgan fingerprint density at radius 1 is 1.11 bits per heavy atom. The number of piperidine rings is 1. The zero-order valence-corrected chi connectivity index (χ0v) is 15.4. The third kappa shape index (κ3) is 4.56. The molecule has 0 radical (unpaired) electrons. The van der Waals surface area contributed by atoms with E-state index in [2.05, 4.69) is 6.58 Å². The Balaban J connectivity index is 1.73. The number of rotatable bonds is 4. The van der Waals surface area contributed by atoms with Crippen molar-refractivity contribution in [2.45, 2.75) is 25.5 Å². The minimum Gasteiger partial charge on any atom is -0.465 e. The minimum atomic E-state index is -0.381. The maximum atomic E-state index is 12.7. The van der Waals surface area contributed by atoms with E-state index in [-0.39, 0.29) is 24.7 Å². The molecule has 5 nitrogen and oxygen atoms in total. The molecule has 0 N–H and O–H groups in total. The van der Waals surface area contributed by atoms with Crippen LogP contribution in [0.3, 0.4) is 0 Å². The van der Waals surface area contributed by atoms with E-state index in [1.807, 2.05) is 42.5 Å². The molecule has 0 unspecified atom stereocenters. The summed E-state index contributed by atoms with van der Waals surface area (Å²) in [5.41, 5.74) is 3.48. The quantitative estimate of drug-likeness (QED) is 0.591. The van der Waals surface area contributed by atoms with Crippen LogP contribution in [0.4, 0.5) is 4.79 Å². The highest BCUT2D eigenvalue weighted by molar-refractivity contribution is 5.89. The molecule has 1 amide bonds. The van der Waals surface area contributed by atoms with E-state index in [9.17, 15) is 9.59 Å². The first kappa shape index (κ1) is 18.7. The normalized spacial score (nSPS) is 16.7. The average molecular weight is 365 g/mol. The summed E-state index contributed by atoms with van der Waals surface area (Å²) >= 11 is 0. The van der Waals surface area contributed by atoms with Crippen LogP contribution in [-0.4, -0.2) is 30.6 Å². The van der Waals surface area contributed by atoms with Gasteiger partial charge in [-0.05, 0) is 36.1 Å². The first-order valence-corrected chi connectivity index (χ1v) is 8.90. The van der Waals surface area contributed by atoms with Gasteiger partial charge in [0.1, 0.15) is 6.61 Å². The zero-order chi connectivity index (χ0) is 19.2. The minimum absolute atomic E-state index is 0.152. The van der Waals surface area contributed by atoms with Crippen molar-refractivity contribution in [1.29, 1.82) is 0 Å². The van der Waals surface area contributed by atoms with Crippen LogP contribution < -0.4 is 0 Å². The third-order valence-corrected chi connectivity index (χ3v) is 4.72. The molecule has 1 heterocycles. The fourth-order valence-electron chi connectivity index (χ4n) is 3.20. The molecule has 1 aliphatic heterocycles. The molecule has 0 aliphatic carbocycles. The van der Waals surface area contributed by atoms with Crippen LogP contribution in [0.5, 0.6) is 0 Å². The summed E-state index contributed by atoms with van der Waals surface area (Å²) in [5.74, 6) is -0.381. The monoisotopic (exact) mass is 365 g/mol. The number of carbonyl (C=O) groups excluding carboxylic acids is 2. The number of amides is 1. The van der Waals surface area contributed by atoms with Crippen molar-refractivity contribution in [3.63, 3.8) is 0 Å². The molecular weight excluding hydrogens is 342 g/mol. The number of ether oxygens (including phenoxy) is 2. The van der Waals surface area contributed by atoms with Crippen molar-refractivity contribution >= 4 is 12.1 Å². The van der Waals surface area contributed by atoms with E-state index < -0.39 is 0 Å². The molecule has 27 heavy (non-hydrogen) atoms. The second kappa shape index (κ2) is 8.54. The van der Waals surface area contributed by atoms with Crippen LogP contribution in [0.2, 0.25) is 0 Å². The molecule has 1 atom stereocenters. The van der Waals surface area contributed by atoms with Crippen LogP contribution in [0.15, 0.2) is 66.7 Å². The van der Waals surface area contributed by atoms with E-state index in [1.54, 1.807) is 17.0 Å². The number of likely N-dealkylation sites (tertiary alicyclic amines) is 1. The fourth-order valence-corrected chi connectivity index (χ4v) is 3.20. The molecule has 1 saturated heterocycles. The lowest BCUT2D eigenvalue weighted by Gasteiger charge is -2.36. The lowest BCUT2D eigenvalue weighted by atomic mass is 9.92. The smallest absolute Gasteiger partial charge is 0.410 e. The first-order valence-electron chi connectivity index (χ1n) is 8.90. The Morgan fingerprint density at radius 3 is 2.48 bits per heavy atom. The summed E-state index contributed by atoms with van der Waals surface area (Å²) in [7, 11) is 1.35. The van der Waals surface area contributed by atoms with Crippen molar-refractivity contribution < 1.29 is 19.1 Å². The summed E-state index contributed by atoms with van der Waals surface area (Å²) in [6.07, 6.45) is 1.10. The summed E-state index contributed by atoms with van der Waals surface area (Å²) in [6, 6.07) is 16.6. The van der Waals surface area contributed by atoms with Crippen LogP contribution in [0.1, 0.15) is 40.4 Å². The van der Waals surface area contributed by atoms with E-state index in [1.165, 1.54) is 7.11 Å². The van der Waals surface area contributed by atoms with Gasteiger partial charge in [0.2, 0.25) is 0 Å². The van der Waals surface area contributed by atoms with E-state index >= 15 is 0 Å². The largest absolute Gasteiger partial charge is 0.465 e. The van der Waals surface area contributed by atoms with E-state index in [4.69, 9.17) is 9.47 Å². The lowest BCUT2D eigenvalue weighted by Crippen LogP contribution is -2.39. The Morgan fingerprint density at radius 2 is 1.81 bits per heavy atom. The van der Waals surface area contributed by atoms with Gasteiger partial charge in [-0.25, -0.2) is 9.59 Å². The highest BCUT2D eigenvalue weighted by atomic mass is 16.6. The number of esters is 1. The maximum Gasteiger partial charge on any atom is 0.410 e. The predicted molar refractivity (Wildman–Crippen MR) is 102 cm³/mol.